The number of hydrogen-bond donors (Lipinski definition) is 3. The summed E-state index contributed by atoms with van der Waals surface area (Å²) >= 11 is 0. The predicted octanol–water partition coefficient (Wildman–Crippen LogP) is -1.45. The molecule has 14 heavy (non-hydrogen) atoms. The van der Waals surface area contributed by atoms with Crippen molar-refractivity contribution < 1.29 is 15.0 Å². The Labute approximate surface area is 83.7 Å². The molecule has 0 aromatic heterocycles. The van der Waals surface area contributed by atoms with Crippen molar-refractivity contribution in [3.05, 3.63) is 0 Å². The summed E-state index contributed by atoms with van der Waals surface area (Å²) in [4.78, 5) is 12.9. The van der Waals surface area contributed by atoms with Gasteiger partial charge in [-0.15, -0.1) is 0 Å². The molecule has 1 aliphatic rings. The number of aliphatic hydroxyl groups is 2. The number of aliphatic hydroxyl groups excluding tert-OH is 2. The molecule has 3 N–H and O–H groups in total. The Balaban J connectivity index is 2.27. The topological polar surface area (TPSA) is 72.8 Å². The fraction of sp³-hybridized carbons (Fsp3) is 0.889. The third kappa shape index (κ3) is 3.61. The van der Waals surface area contributed by atoms with Gasteiger partial charge in [-0.1, -0.05) is 0 Å². The highest BCUT2D eigenvalue weighted by Gasteiger charge is 2.22. The molecule has 1 atom stereocenters. The van der Waals surface area contributed by atoms with E-state index in [0.29, 0.717) is 26.1 Å². The fourth-order valence-corrected chi connectivity index (χ4v) is 1.70. The Morgan fingerprint density at radius 3 is 2.43 bits per heavy atom. The fourth-order valence-electron chi connectivity index (χ4n) is 1.70. The maximum absolute atomic E-state index is 10.9. The molecule has 1 fully saturated rings. The Hall–Kier alpha value is -0.650. The monoisotopic (exact) mass is 202 g/mol. The molecule has 1 saturated heterocycles. The molecule has 82 valence electrons. The maximum atomic E-state index is 10.9. The zero-order valence-electron chi connectivity index (χ0n) is 8.28. The van der Waals surface area contributed by atoms with Gasteiger partial charge < -0.3 is 15.5 Å². The van der Waals surface area contributed by atoms with Crippen LogP contribution in [0.1, 0.15) is 12.8 Å². The second-order valence-corrected chi connectivity index (χ2v) is 3.55. The van der Waals surface area contributed by atoms with Crippen molar-refractivity contribution in [2.24, 2.45) is 0 Å². The minimum Gasteiger partial charge on any atom is -0.395 e. The van der Waals surface area contributed by atoms with Crippen LogP contribution in [0.5, 0.6) is 0 Å². The number of amides is 1. The molecule has 0 aromatic carbocycles. The summed E-state index contributed by atoms with van der Waals surface area (Å²) in [6.45, 7) is 1.98. The lowest BCUT2D eigenvalue weighted by Gasteiger charge is -2.23. The first-order valence-corrected chi connectivity index (χ1v) is 4.99. The first kappa shape index (κ1) is 11.4. The third-order valence-corrected chi connectivity index (χ3v) is 2.40. The average molecular weight is 202 g/mol. The van der Waals surface area contributed by atoms with Gasteiger partial charge in [0.1, 0.15) is 0 Å². The van der Waals surface area contributed by atoms with Crippen LogP contribution >= 0.6 is 0 Å². The van der Waals surface area contributed by atoms with E-state index in [1.54, 1.807) is 0 Å². The van der Waals surface area contributed by atoms with Crippen LogP contribution in [-0.4, -0.2) is 59.9 Å². The van der Waals surface area contributed by atoms with Gasteiger partial charge >= 0.3 is 0 Å². The normalized spacial score (nSPS) is 21.6. The number of carbonyl (C=O) groups is 1. The van der Waals surface area contributed by atoms with E-state index >= 15 is 0 Å². The zero-order chi connectivity index (χ0) is 10.4. The van der Waals surface area contributed by atoms with Crippen molar-refractivity contribution in [2.45, 2.75) is 18.9 Å². The Kier molecular flexibility index (Phi) is 4.86. The van der Waals surface area contributed by atoms with Crippen LogP contribution in [0.3, 0.4) is 0 Å². The van der Waals surface area contributed by atoms with E-state index in [9.17, 15) is 4.79 Å². The number of carbonyl (C=O) groups excluding carboxylic acids is 1. The molecular weight excluding hydrogens is 184 g/mol. The van der Waals surface area contributed by atoms with E-state index in [4.69, 9.17) is 10.2 Å². The molecule has 0 bridgehead atoms. The molecule has 5 nitrogen and oxygen atoms in total. The molecule has 0 radical (unpaired) electrons. The highest BCUT2D eigenvalue weighted by Crippen LogP contribution is 2.07. The van der Waals surface area contributed by atoms with Crippen LogP contribution in [0.25, 0.3) is 0 Å². The van der Waals surface area contributed by atoms with E-state index in [1.807, 2.05) is 4.90 Å². The summed E-state index contributed by atoms with van der Waals surface area (Å²) in [5.41, 5.74) is 0. The van der Waals surface area contributed by atoms with Gasteiger partial charge in [0.05, 0.1) is 13.2 Å². The third-order valence-electron chi connectivity index (χ3n) is 2.40. The van der Waals surface area contributed by atoms with Crippen molar-refractivity contribution in [3.8, 4) is 0 Å². The van der Waals surface area contributed by atoms with Gasteiger partial charge in [0, 0.05) is 32.1 Å². The van der Waals surface area contributed by atoms with Gasteiger partial charge in [-0.25, -0.2) is 0 Å². The molecule has 1 amide bonds. The lowest BCUT2D eigenvalue weighted by molar-refractivity contribution is -0.119. The van der Waals surface area contributed by atoms with E-state index in [0.717, 1.165) is 6.42 Å². The molecular formula is C9H18N2O3. The van der Waals surface area contributed by atoms with Gasteiger partial charge in [0.15, 0.2) is 0 Å². The highest BCUT2D eigenvalue weighted by atomic mass is 16.3. The zero-order valence-corrected chi connectivity index (χ0v) is 8.28. The second-order valence-electron chi connectivity index (χ2n) is 3.55. The first-order chi connectivity index (χ1) is 6.76. The molecule has 0 aromatic rings. The SMILES string of the molecule is O=C1CCC(CN(CCO)CCO)N1. The van der Waals surface area contributed by atoms with Gasteiger partial charge in [0.25, 0.3) is 0 Å². The maximum Gasteiger partial charge on any atom is 0.220 e. The summed E-state index contributed by atoms with van der Waals surface area (Å²) in [5, 5.41) is 20.4. The number of rotatable bonds is 6. The van der Waals surface area contributed by atoms with Gasteiger partial charge in [-0.3, -0.25) is 9.69 Å². The standard InChI is InChI=1S/C9H18N2O3/c12-5-3-11(4-6-13)7-8-1-2-9(14)10-8/h8,12-13H,1-7H2,(H,10,14). The van der Waals surface area contributed by atoms with E-state index in [-0.39, 0.29) is 25.2 Å². The minimum atomic E-state index is 0.0840. The van der Waals surface area contributed by atoms with Crippen molar-refractivity contribution in [1.82, 2.24) is 10.2 Å². The average Bonchev–Trinajstić information content (AvgIpc) is 2.52. The molecule has 0 saturated carbocycles. The molecule has 1 aliphatic heterocycles. The molecule has 1 heterocycles. The van der Waals surface area contributed by atoms with Gasteiger partial charge in [-0.05, 0) is 6.42 Å². The lowest BCUT2D eigenvalue weighted by atomic mass is 10.2. The Morgan fingerprint density at radius 2 is 2.00 bits per heavy atom. The summed E-state index contributed by atoms with van der Waals surface area (Å²) in [5.74, 6) is 0.1000. The van der Waals surface area contributed by atoms with Crippen LogP contribution in [-0.2, 0) is 4.79 Å². The summed E-state index contributed by atoms with van der Waals surface area (Å²) in [7, 11) is 0. The number of hydrogen-bond acceptors (Lipinski definition) is 4. The molecule has 5 heteroatoms. The molecule has 1 rings (SSSR count). The molecule has 1 unspecified atom stereocenters. The van der Waals surface area contributed by atoms with Crippen LogP contribution in [0, 0.1) is 0 Å². The quantitative estimate of drug-likeness (QED) is 0.493. The largest absolute Gasteiger partial charge is 0.395 e. The van der Waals surface area contributed by atoms with Gasteiger partial charge in [0.2, 0.25) is 5.91 Å². The second kappa shape index (κ2) is 5.95. The van der Waals surface area contributed by atoms with Crippen molar-refractivity contribution in [1.29, 1.82) is 0 Å². The van der Waals surface area contributed by atoms with Crippen LogP contribution in [0.15, 0.2) is 0 Å². The van der Waals surface area contributed by atoms with Crippen LogP contribution in [0.2, 0.25) is 0 Å². The smallest absolute Gasteiger partial charge is 0.220 e. The lowest BCUT2D eigenvalue weighted by Crippen LogP contribution is -2.41. The number of nitrogens with zero attached hydrogens (tertiary/aromatic N) is 1. The van der Waals surface area contributed by atoms with Crippen molar-refractivity contribution in [3.63, 3.8) is 0 Å². The minimum absolute atomic E-state index is 0.0840. The summed E-state index contributed by atoms with van der Waals surface area (Å²) in [6, 6.07) is 0.181. The van der Waals surface area contributed by atoms with Crippen LogP contribution < -0.4 is 5.32 Å². The van der Waals surface area contributed by atoms with Crippen molar-refractivity contribution >= 4 is 5.91 Å². The number of nitrogens with one attached hydrogen (secondary N) is 1. The summed E-state index contributed by atoms with van der Waals surface area (Å²) in [6.07, 6.45) is 1.45. The predicted molar refractivity (Wildman–Crippen MR) is 51.8 cm³/mol. The summed E-state index contributed by atoms with van der Waals surface area (Å²) < 4.78 is 0. The van der Waals surface area contributed by atoms with Crippen LogP contribution in [0.4, 0.5) is 0 Å². The van der Waals surface area contributed by atoms with Gasteiger partial charge in [-0.2, -0.15) is 0 Å². The van der Waals surface area contributed by atoms with E-state index in [2.05, 4.69) is 5.32 Å². The molecule has 0 spiro atoms. The first-order valence-electron chi connectivity index (χ1n) is 4.99. The van der Waals surface area contributed by atoms with E-state index < -0.39 is 0 Å². The Morgan fingerprint density at radius 1 is 1.36 bits per heavy atom. The highest BCUT2D eigenvalue weighted by molar-refractivity contribution is 5.78. The molecule has 0 aliphatic carbocycles. The van der Waals surface area contributed by atoms with E-state index in [1.165, 1.54) is 0 Å². The van der Waals surface area contributed by atoms with Crippen molar-refractivity contribution in [2.75, 3.05) is 32.8 Å². The Bertz CT molecular complexity index is 181.